The van der Waals surface area contributed by atoms with Gasteiger partial charge >= 0.3 is 6.03 Å². The van der Waals surface area contributed by atoms with Crippen molar-refractivity contribution in [3.05, 3.63) is 133 Å². The number of carbonyl (C=O) groups excluding carboxylic acids is 2. The van der Waals surface area contributed by atoms with E-state index in [-0.39, 0.29) is 11.9 Å². The highest BCUT2D eigenvalue weighted by atomic mass is 16.2. The Labute approximate surface area is 256 Å². The zero-order chi connectivity index (χ0) is 30.9. The van der Waals surface area contributed by atoms with E-state index >= 15 is 0 Å². The summed E-state index contributed by atoms with van der Waals surface area (Å²) in [6, 6.07) is 16.9. The molecule has 0 aliphatic carbocycles. The Kier molecular flexibility index (Phi) is 9.57. The summed E-state index contributed by atoms with van der Waals surface area (Å²) in [5, 5.41) is 6.20. The molecule has 1 aliphatic heterocycles. The lowest BCUT2D eigenvalue weighted by Crippen LogP contribution is -2.49. The molecule has 1 fully saturated rings. The van der Waals surface area contributed by atoms with Gasteiger partial charge in [-0.05, 0) is 66.7 Å². The van der Waals surface area contributed by atoms with Crippen LogP contribution in [0.3, 0.4) is 0 Å². The number of hydrogen-bond acceptors (Lipinski definition) is 8. The Morgan fingerprint density at radius 1 is 1.00 bits per heavy atom. The maximum Gasteiger partial charge on any atom is 0.329 e. The minimum Gasteiger partial charge on any atom is -0.405 e. The van der Waals surface area contributed by atoms with Crippen molar-refractivity contribution in [2.75, 3.05) is 36.8 Å². The first kappa shape index (κ1) is 29.9. The van der Waals surface area contributed by atoms with E-state index in [9.17, 15) is 9.59 Å². The van der Waals surface area contributed by atoms with Crippen molar-refractivity contribution >= 4 is 29.0 Å². The molecule has 1 saturated heterocycles. The fourth-order valence-corrected chi connectivity index (χ4v) is 4.82. The molecule has 0 spiro atoms. The van der Waals surface area contributed by atoms with Crippen molar-refractivity contribution in [2.24, 2.45) is 10.7 Å². The first-order chi connectivity index (χ1) is 21.4. The summed E-state index contributed by atoms with van der Waals surface area (Å²) >= 11 is 0. The van der Waals surface area contributed by atoms with E-state index in [0.29, 0.717) is 35.9 Å². The Morgan fingerprint density at radius 3 is 2.48 bits per heavy atom. The first-order valence-electron chi connectivity index (χ1n) is 14.2. The van der Waals surface area contributed by atoms with Gasteiger partial charge < -0.3 is 21.3 Å². The predicted molar refractivity (Wildman–Crippen MR) is 172 cm³/mol. The number of allylic oxidation sites excluding steroid dienone is 1. The second-order valence-electron chi connectivity index (χ2n) is 10.4. The summed E-state index contributed by atoms with van der Waals surface area (Å²) in [7, 11) is 0. The van der Waals surface area contributed by atoms with E-state index in [4.69, 9.17) is 5.73 Å². The highest BCUT2D eigenvalue weighted by molar-refractivity contribution is 6.09. The Bertz CT molecular complexity index is 1660. The number of aromatic nitrogens is 3. The van der Waals surface area contributed by atoms with Crippen LogP contribution < -0.4 is 16.4 Å². The molecule has 2 aromatic heterocycles. The van der Waals surface area contributed by atoms with Crippen LogP contribution in [0.5, 0.6) is 0 Å². The van der Waals surface area contributed by atoms with Gasteiger partial charge in [-0.25, -0.2) is 14.8 Å². The quantitative estimate of drug-likeness (QED) is 0.245. The molecule has 5 rings (SSSR count). The van der Waals surface area contributed by atoms with Gasteiger partial charge in [0.15, 0.2) is 0 Å². The number of nitrogens with two attached hydrogens (primary N) is 1. The van der Waals surface area contributed by atoms with Crippen LogP contribution >= 0.6 is 0 Å². The predicted octanol–water partition coefficient (Wildman–Crippen LogP) is 4.47. The van der Waals surface area contributed by atoms with E-state index in [1.165, 1.54) is 17.1 Å². The van der Waals surface area contributed by atoms with Crippen molar-refractivity contribution in [3.63, 3.8) is 0 Å². The van der Waals surface area contributed by atoms with Gasteiger partial charge in [-0.2, -0.15) is 0 Å². The van der Waals surface area contributed by atoms with Crippen LogP contribution in [0.25, 0.3) is 0 Å². The van der Waals surface area contributed by atoms with E-state index in [0.717, 1.165) is 42.0 Å². The zero-order valence-electron chi connectivity index (χ0n) is 24.6. The highest BCUT2D eigenvalue weighted by Crippen LogP contribution is 2.23. The van der Waals surface area contributed by atoms with Crippen LogP contribution in [0, 0.1) is 6.92 Å². The molecule has 224 valence electrons. The molecule has 3 heterocycles. The molecule has 11 heteroatoms. The standard InChI is InChI=1S/C33H35N9O2/c1-24-5-10-29(20-31(24)38-25(2)37-30(11-12-34)28-4-3-13-35-21-28)39-32(43)27-8-6-26(7-9-27)22-40-16-18-41(19-17-40)33(44)42-15-14-36-23-42/h3-15,20-21,23,38H,2,16-19,22,34H2,1H3,(H,39,43)/b12-11-,37-30?. The highest BCUT2D eigenvalue weighted by Gasteiger charge is 2.22. The number of imidazole rings is 1. The zero-order valence-corrected chi connectivity index (χ0v) is 24.6. The molecule has 2 aromatic carbocycles. The van der Waals surface area contributed by atoms with Crippen LogP contribution in [-0.4, -0.2) is 68.2 Å². The fourth-order valence-electron chi connectivity index (χ4n) is 4.82. The second kappa shape index (κ2) is 14.1. The fraction of sp³-hybridized carbons (Fsp3) is 0.182. The Morgan fingerprint density at radius 2 is 1.80 bits per heavy atom. The summed E-state index contributed by atoms with van der Waals surface area (Å²) < 4.78 is 1.50. The van der Waals surface area contributed by atoms with Crippen molar-refractivity contribution in [2.45, 2.75) is 13.5 Å². The first-order valence-corrected chi connectivity index (χ1v) is 14.2. The maximum absolute atomic E-state index is 13.1. The molecule has 0 saturated carbocycles. The number of benzene rings is 2. The molecule has 0 radical (unpaired) electrons. The van der Waals surface area contributed by atoms with Crippen molar-refractivity contribution < 1.29 is 9.59 Å². The number of pyridine rings is 1. The number of aryl methyl sites for hydroxylation is 1. The molecular formula is C33H35N9O2. The second-order valence-corrected chi connectivity index (χ2v) is 10.4. The average molecular weight is 590 g/mol. The number of aliphatic imine (C=N–C) groups is 1. The molecule has 4 N–H and O–H groups in total. The summed E-state index contributed by atoms with van der Waals surface area (Å²) in [5.41, 5.74) is 11.1. The van der Waals surface area contributed by atoms with E-state index in [1.54, 1.807) is 30.9 Å². The third-order valence-corrected chi connectivity index (χ3v) is 7.23. The smallest absolute Gasteiger partial charge is 0.329 e. The van der Waals surface area contributed by atoms with Gasteiger partial charge in [0.25, 0.3) is 5.91 Å². The van der Waals surface area contributed by atoms with Gasteiger partial charge in [-0.1, -0.05) is 24.8 Å². The van der Waals surface area contributed by atoms with E-state index in [1.807, 2.05) is 66.4 Å². The third kappa shape index (κ3) is 7.64. The molecule has 44 heavy (non-hydrogen) atoms. The lowest BCUT2D eigenvalue weighted by atomic mass is 10.1. The molecule has 1 aliphatic rings. The van der Waals surface area contributed by atoms with Crippen molar-refractivity contribution in [3.8, 4) is 0 Å². The number of piperazine rings is 1. The van der Waals surface area contributed by atoms with Crippen LogP contribution in [0.15, 0.2) is 115 Å². The van der Waals surface area contributed by atoms with Crippen LogP contribution in [0.1, 0.15) is 27.0 Å². The van der Waals surface area contributed by atoms with E-state index < -0.39 is 0 Å². The summed E-state index contributed by atoms with van der Waals surface area (Å²) in [4.78, 5) is 42.4. The monoisotopic (exact) mass is 589 g/mol. The van der Waals surface area contributed by atoms with Gasteiger partial charge in [-0.3, -0.25) is 19.2 Å². The van der Waals surface area contributed by atoms with E-state index in [2.05, 4.69) is 37.1 Å². The topological polar surface area (TPSA) is 134 Å². The SMILES string of the molecule is C=C(N=C(/C=C\N)c1cccnc1)Nc1cc(NC(=O)c2ccc(CN3CCN(C(=O)n4ccnc4)CC3)cc2)ccc1C. The molecule has 4 aromatic rings. The largest absolute Gasteiger partial charge is 0.405 e. The molecule has 0 unspecified atom stereocenters. The third-order valence-electron chi connectivity index (χ3n) is 7.23. The maximum atomic E-state index is 13.1. The van der Waals surface area contributed by atoms with Crippen molar-refractivity contribution in [1.82, 2.24) is 24.3 Å². The number of hydrogen-bond donors (Lipinski definition) is 3. The minimum absolute atomic E-state index is 0.0534. The Balaban J connectivity index is 1.16. The summed E-state index contributed by atoms with van der Waals surface area (Å²) in [6.45, 7) is 9.61. The number of rotatable bonds is 9. The lowest BCUT2D eigenvalue weighted by Gasteiger charge is -2.34. The molecule has 0 bridgehead atoms. The van der Waals surface area contributed by atoms with Gasteiger partial charge in [0.1, 0.15) is 12.1 Å². The van der Waals surface area contributed by atoms with Gasteiger partial charge in [0.05, 0.1) is 5.71 Å². The van der Waals surface area contributed by atoms with Crippen molar-refractivity contribution in [1.29, 1.82) is 0 Å². The minimum atomic E-state index is -0.207. The van der Waals surface area contributed by atoms with Crippen LogP contribution in [-0.2, 0) is 6.54 Å². The number of nitrogens with zero attached hydrogens (tertiary/aromatic N) is 6. The van der Waals surface area contributed by atoms with Gasteiger partial charge in [0.2, 0.25) is 0 Å². The molecular weight excluding hydrogens is 554 g/mol. The van der Waals surface area contributed by atoms with Crippen LogP contribution in [0.2, 0.25) is 0 Å². The van der Waals surface area contributed by atoms with Gasteiger partial charge in [-0.15, -0.1) is 0 Å². The number of amides is 2. The van der Waals surface area contributed by atoms with Crippen LogP contribution in [0.4, 0.5) is 16.2 Å². The van der Waals surface area contributed by atoms with Gasteiger partial charge in [0, 0.05) is 80.0 Å². The lowest BCUT2D eigenvalue weighted by molar-refractivity contribution is 0.102. The molecule has 0 atom stereocenters. The summed E-state index contributed by atoms with van der Waals surface area (Å²) in [5.74, 6) is 0.206. The normalized spacial score (nSPS) is 14.0. The number of carbonyl (C=O) groups is 2. The number of nitrogens with one attached hydrogen (secondary N) is 2. The number of anilines is 2. The average Bonchev–Trinajstić information content (AvgIpc) is 3.59. The Hall–Kier alpha value is -5.55. The molecule has 2 amide bonds. The molecule has 11 nitrogen and oxygen atoms in total. The summed E-state index contributed by atoms with van der Waals surface area (Å²) in [6.07, 6.45) is 11.3.